The average molecular weight is 353 g/mol. The summed E-state index contributed by atoms with van der Waals surface area (Å²) in [7, 11) is 0. The van der Waals surface area contributed by atoms with Crippen LogP contribution in [-0.4, -0.2) is 49.4 Å². The van der Waals surface area contributed by atoms with Crippen LogP contribution in [0, 0.1) is 0 Å². The molecule has 4 nitrogen and oxygen atoms in total. The fourth-order valence-electron chi connectivity index (χ4n) is 2.07. The van der Waals surface area contributed by atoms with Crippen LogP contribution in [0.5, 0.6) is 5.75 Å². The first kappa shape index (κ1) is 23.7. The molecule has 130 valence electrons. The smallest absolute Gasteiger partial charge is 0.119 e. The molecule has 1 aromatic rings. The first-order valence-electron chi connectivity index (χ1n) is 7.55. The molecule has 0 spiro atoms. The summed E-state index contributed by atoms with van der Waals surface area (Å²) in [6.07, 6.45) is 1.18. The lowest BCUT2D eigenvalue weighted by Gasteiger charge is -2.17. The van der Waals surface area contributed by atoms with Gasteiger partial charge in [-0.15, -0.1) is 24.8 Å². The Morgan fingerprint density at radius 3 is 2.27 bits per heavy atom. The number of rotatable bonds is 11. The third-order valence-corrected chi connectivity index (χ3v) is 3.33. The largest absolute Gasteiger partial charge is 0.491 e. The number of hydrogen-bond donors (Lipinski definition) is 2. The summed E-state index contributed by atoms with van der Waals surface area (Å²) < 4.78 is 5.33. The highest BCUT2D eigenvalue weighted by Crippen LogP contribution is 2.11. The minimum atomic E-state index is 0. The Morgan fingerprint density at radius 1 is 1.09 bits per heavy atom. The van der Waals surface area contributed by atoms with Gasteiger partial charge in [0.2, 0.25) is 0 Å². The Balaban J connectivity index is 0. The Labute approximate surface area is 147 Å². The van der Waals surface area contributed by atoms with Gasteiger partial charge in [-0.05, 0) is 50.3 Å². The number of aliphatic hydroxyl groups is 1. The first-order valence-corrected chi connectivity index (χ1v) is 7.55. The van der Waals surface area contributed by atoms with Crippen molar-refractivity contribution in [1.29, 1.82) is 0 Å². The molecular formula is C16H30Cl2N2O2. The molecule has 0 aromatic heterocycles. The van der Waals surface area contributed by atoms with Gasteiger partial charge in [-0.25, -0.2) is 0 Å². The van der Waals surface area contributed by atoms with Crippen molar-refractivity contribution in [3.8, 4) is 5.75 Å². The van der Waals surface area contributed by atoms with Crippen molar-refractivity contribution in [2.75, 3.05) is 39.4 Å². The molecule has 0 aliphatic carbocycles. The second-order valence-electron chi connectivity index (χ2n) is 4.77. The molecular weight excluding hydrogens is 323 g/mol. The maximum atomic E-state index is 8.69. The highest BCUT2D eigenvalue weighted by Gasteiger charge is 1.98. The Bertz CT molecular complexity index is 347. The van der Waals surface area contributed by atoms with Gasteiger partial charge in [-0.2, -0.15) is 0 Å². The molecule has 1 rings (SSSR count). The summed E-state index contributed by atoms with van der Waals surface area (Å²) in [6.45, 7) is 10.2. The van der Waals surface area contributed by atoms with Gasteiger partial charge in [0.15, 0.2) is 0 Å². The van der Waals surface area contributed by atoms with E-state index in [2.05, 4.69) is 36.2 Å². The summed E-state index contributed by atoms with van der Waals surface area (Å²) in [5.41, 5.74) is 1.25. The van der Waals surface area contributed by atoms with Crippen LogP contribution >= 0.6 is 24.8 Å². The minimum Gasteiger partial charge on any atom is -0.491 e. The third-order valence-electron chi connectivity index (χ3n) is 3.33. The number of hydrogen-bond acceptors (Lipinski definition) is 4. The highest BCUT2D eigenvalue weighted by atomic mass is 35.5. The van der Waals surface area contributed by atoms with Crippen LogP contribution in [0.4, 0.5) is 0 Å². The summed E-state index contributed by atoms with van der Waals surface area (Å²) in [4.78, 5) is 2.44. The summed E-state index contributed by atoms with van der Waals surface area (Å²) >= 11 is 0. The molecule has 0 fully saturated rings. The third kappa shape index (κ3) is 10.2. The number of aliphatic hydroxyl groups excluding tert-OH is 1. The standard InChI is InChI=1S/C16H28N2O2.2ClH/c1-3-18(4-2)11-5-10-17-14-15-6-8-16(9-7-15)20-13-12-19;;/h6-9,17,19H,3-5,10-14H2,1-2H3;2*1H. The first-order chi connectivity index (χ1) is 9.80. The van der Waals surface area contributed by atoms with Gasteiger partial charge in [0, 0.05) is 6.54 Å². The van der Waals surface area contributed by atoms with Gasteiger partial charge in [-0.3, -0.25) is 0 Å². The van der Waals surface area contributed by atoms with Crippen molar-refractivity contribution < 1.29 is 9.84 Å². The predicted molar refractivity (Wildman–Crippen MR) is 97.6 cm³/mol. The molecule has 0 saturated heterocycles. The van der Waals surface area contributed by atoms with E-state index in [-0.39, 0.29) is 31.4 Å². The van der Waals surface area contributed by atoms with Gasteiger partial charge >= 0.3 is 0 Å². The fourth-order valence-corrected chi connectivity index (χ4v) is 2.07. The number of halogens is 2. The lowest BCUT2D eigenvalue weighted by Crippen LogP contribution is -2.27. The van der Waals surface area contributed by atoms with Crippen LogP contribution in [0.2, 0.25) is 0 Å². The summed E-state index contributed by atoms with van der Waals surface area (Å²) in [5, 5.41) is 12.1. The van der Waals surface area contributed by atoms with Crippen molar-refractivity contribution >= 4 is 24.8 Å². The van der Waals surface area contributed by atoms with E-state index in [9.17, 15) is 0 Å². The van der Waals surface area contributed by atoms with E-state index in [1.807, 2.05) is 12.1 Å². The fraction of sp³-hybridized carbons (Fsp3) is 0.625. The lowest BCUT2D eigenvalue weighted by molar-refractivity contribution is 0.201. The molecule has 0 heterocycles. The molecule has 0 unspecified atom stereocenters. The molecule has 6 heteroatoms. The molecule has 2 N–H and O–H groups in total. The quantitative estimate of drug-likeness (QED) is 0.601. The second kappa shape index (κ2) is 15.4. The Kier molecular flexibility index (Phi) is 16.6. The van der Waals surface area contributed by atoms with E-state index >= 15 is 0 Å². The Morgan fingerprint density at radius 2 is 1.73 bits per heavy atom. The molecule has 0 bridgehead atoms. The number of benzene rings is 1. The van der Waals surface area contributed by atoms with Gasteiger partial charge in [-0.1, -0.05) is 26.0 Å². The van der Waals surface area contributed by atoms with Gasteiger partial charge < -0.3 is 20.1 Å². The normalized spacial score (nSPS) is 10.0. The van der Waals surface area contributed by atoms with Crippen molar-refractivity contribution in [3.05, 3.63) is 29.8 Å². The van der Waals surface area contributed by atoms with Crippen LogP contribution in [0.25, 0.3) is 0 Å². The van der Waals surface area contributed by atoms with E-state index in [0.29, 0.717) is 6.61 Å². The molecule has 0 radical (unpaired) electrons. The highest BCUT2D eigenvalue weighted by molar-refractivity contribution is 5.85. The predicted octanol–water partition coefficient (Wildman–Crippen LogP) is 2.72. The number of nitrogens with one attached hydrogen (secondary N) is 1. The zero-order valence-electron chi connectivity index (χ0n) is 13.6. The van der Waals surface area contributed by atoms with Crippen LogP contribution in [0.3, 0.4) is 0 Å². The molecule has 0 aliphatic rings. The van der Waals surface area contributed by atoms with Crippen LogP contribution < -0.4 is 10.1 Å². The van der Waals surface area contributed by atoms with E-state index < -0.39 is 0 Å². The van der Waals surface area contributed by atoms with E-state index in [1.54, 1.807) is 0 Å². The zero-order chi connectivity index (χ0) is 14.6. The molecule has 22 heavy (non-hydrogen) atoms. The van der Waals surface area contributed by atoms with Gasteiger partial charge in [0.05, 0.1) is 6.61 Å². The van der Waals surface area contributed by atoms with Crippen molar-refractivity contribution in [1.82, 2.24) is 10.2 Å². The lowest BCUT2D eigenvalue weighted by atomic mass is 10.2. The average Bonchev–Trinajstić information content (AvgIpc) is 2.50. The van der Waals surface area contributed by atoms with Crippen LogP contribution in [-0.2, 0) is 6.54 Å². The molecule has 0 amide bonds. The topological polar surface area (TPSA) is 44.7 Å². The monoisotopic (exact) mass is 352 g/mol. The minimum absolute atomic E-state index is 0. The number of ether oxygens (including phenoxy) is 1. The van der Waals surface area contributed by atoms with Crippen LogP contribution in [0.1, 0.15) is 25.8 Å². The van der Waals surface area contributed by atoms with Crippen molar-refractivity contribution in [3.63, 3.8) is 0 Å². The van der Waals surface area contributed by atoms with Crippen LogP contribution in [0.15, 0.2) is 24.3 Å². The molecule has 1 aromatic carbocycles. The Hall–Kier alpha value is -0.520. The molecule has 0 saturated carbocycles. The second-order valence-corrected chi connectivity index (χ2v) is 4.77. The molecule has 0 atom stereocenters. The maximum Gasteiger partial charge on any atom is 0.119 e. The van der Waals surface area contributed by atoms with Crippen molar-refractivity contribution in [2.45, 2.75) is 26.8 Å². The number of nitrogens with zero attached hydrogens (tertiary/aromatic N) is 1. The van der Waals surface area contributed by atoms with E-state index in [0.717, 1.165) is 38.5 Å². The zero-order valence-corrected chi connectivity index (χ0v) is 15.2. The summed E-state index contributed by atoms with van der Waals surface area (Å²) in [6, 6.07) is 8.01. The summed E-state index contributed by atoms with van der Waals surface area (Å²) in [5.74, 6) is 0.810. The van der Waals surface area contributed by atoms with Gasteiger partial charge in [0.25, 0.3) is 0 Å². The van der Waals surface area contributed by atoms with E-state index in [4.69, 9.17) is 9.84 Å². The maximum absolute atomic E-state index is 8.69. The van der Waals surface area contributed by atoms with Gasteiger partial charge in [0.1, 0.15) is 12.4 Å². The molecule has 0 aliphatic heterocycles. The van der Waals surface area contributed by atoms with Crippen molar-refractivity contribution in [2.24, 2.45) is 0 Å². The van der Waals surface area contributed by atoms with E-state index in [1.165, 1.54) is 12.0 Å². The SMILES string of the molecule is CCN(CC)CCCNCc1ccc(OCCO)cc1.Cl.Cl.